The summed E-state index contributed by atoms with van der Waals surface area (Å²) in [6.45, 7) is 0. The number of hydrogen-bond acceptors (Lipinski definition) is 4. The highest BCUT2D eigenvalue weighted by Gasteiger charge is 2.08. The van der Waals surface area contributed by atoms with Crippen molar-refractivity contribution in [1.82, 2.24) is 0 Å². The number of carbonyl (C=O) groups excluding carboxylic acids is 1. The van der Waals surface area contributed by atoms with Crippen LogP contribution < -0.4 is 9.47 Å². The van der Waals surface area contributed by atoms with E-state index in [1.54, 1.807) is 12.1 Å². The summed E-state index contributed by atoms with van der Waals surface area (Å²) in [5, 5.41) is 0. The maximum Gasteiger partial charge on any atom is 0.153 e. The third-order valence-corrected chi connectivity index (χ3v) is 2.14. The second-order valence-corrected chi connectivity index (χ2v) is 3.19. The molecular weight excluding hydrogens is 224 g/mol. The van der Waals surface area contributed by atoms with E-state index in [1.807, 2.05) is 0 Å². The van der Waals surface area contributed by atoms with Crippen molar-refractivity contribution in [1.29, 1.82) is 0 Å². The van der Waals surface area contributed by atoms with Crippen molar-refractivity contribution in [2.75, 3.05) is 20.0 Å². The van der Waals surface area contributed by atoms with Crippen LogP contribution >= 0.6 is 12.6 Å². The number of hydrogen-bond donors (Lipinski definition) is 1. The van der Waals surface area contributed by atoms with Crippen molar-refractivity contribution in [3.8, 4) is 23.3 Å². The molecule has 84 valence electrons. The largest absolute Gasteiger partial charge is 0.496 e. The molecule has 0 saturated carbocycles. The number of ether oxygens (including phenoxy) is 2. The Morgan fingerprint density at radius 2 is 2.00 bits per heavy atom. The van der Waals surface area contributed by atoms with Crippen molar-refractivity contribution < 1.29 is 14.3 Å². The van der Waals surface area contributed by atoms with E-state index in [4.69, 9.17) is 9.47 Å². The van der Waals surface area contributed by atoms with E-state index in [-0.39, 0.29) is 0 Å². The summed E-state index contributed by atoms with van der Waals surface area (Å²) in [5.41, 5.74) is 1.12. The number of rotatable bonds is 3. The summed E-state index contributed by atoms with van der Waals surface area (Å²) in [6, 6.07) is 3.29. The Balaban J connectivity index is 3.31. The van der Waals surface area contributed by atoms with Crippen molar-refractivity contribution in [2.45, 2.75) is 0 Å². The lowest BCUT2D eigenvalue weighted by Crippen LogP contribution is -1.95. The summed E-state index contributed by atoms with van der Waals surface area (Å²) in [5.74, 6) is 7.21. The standard InChI is InChI=1S/C12H12O3S/c1-14-11-7-10(8-13)12(15-2)6-9(11)4-3-5-16/h6-8,16H,5H2,1-2H3. The van der Waals surface area contributed by atoms with Crippen LogP contribution in [0.1, 0.15) is 15.9 Å². The van der Waals surface area contributed by atoms with Crippen LogP contribution in [0.4, 0.5) is 0 Å². The van der Waals surface area contributed by atoms with E-state index in [9.17, 15) is 4.79 Å². The third-order valence-electron chi connectivity index (χ3n) is 1.98. The second-order valence-electron chi connectivity index (χ2n) is 2.87. The smallest absolute Gasteiger partial charge is 0.153 e. The summed E-state index contributed by atoms with van der Waals surface area (Å²) < 4.78 is 10.2. The van der Waals surface area contributed by atoms with Crippen LogP contribution in [0.5, 0.6) is 11.5 Å². The van der Waals surface area contributed by atoms with Gasteiger partial charge in [-0.2, -0.15) is 12.6 Å². The average Bonchev–Trinajstić information content (AvgIpc) is 2.35. The van der Waals surface area contributed by atoms with Crippen LogP contribution in [0, 0.1) is 11.8 Å². The molecule has 1 rings (SSSR count). The van der Waals surface area contributed by atoms with Crippen LogP contribution in [0.25, 0.3) is 0 Å². The SMILES string of the molecule is COc1cc(C=O)c(OC)cc1C#CCS. The lowest BCUT2D eigenvalue weighted by molar-refractivity contribution is 0.112. The van der Waals surface area contributed by atoms with Gasteiger partial charge in [-0.15, -0.1) is 0 Å². The van der Waals surface area contributed by atoms with Gasteiger partial charge in [-0.05, 0) is 6.07 Å². The third kappa shape index (κ3) is 2.71. The van der Waals surface area contributed by atoms with Gasteiger partial charge in [-0.25, -0.2) is 0 Å². The molecule has 0 atom stereocenters. The van der Waals surface area contributed by atoms with Gasteiger partial charge < -0.3 is 9.47 Å². The number of methoxy groups -OCH3 is 2. The topological polar surface area (TPSA) is 35.5 Å². The number of thiol groups is 1. The molecule has 0 bridgehead atoms. The van der Waals surface area contributed by atoms with Gasteiger partial charge in [0.2, 0.25) is 0 Å². The lowest BCUT2D eigenvalue weighted by Gasteiger charge is -2.08. The molecule has 0 aliphatic heterocycles. The fourth-order valence-electron chi connectivity index (χ4n) is 1.25. The molecule has 0 N–H and O–H groups in total. The Morgan fingerprint density at radius 1 is 1.31 bits per heavy atom. The van der Waals surface area contributed by atoms with Gasteiger partial charge in [0.1, 0.15) is 11.5 Å². The van der Waals surface area contributed by atoms with Gasteiger partial charge >= 0.3 is 0 Å². The number of aldehydes is 1. The van der Waals surface area contributed by atoms with Crippen molar-refractivity contribution in [3.05, 3.63) is 23.3 Å². The summed E-state index contributed by atoms with van der Waals surface area (Å²) in [4.78, 5) is 10.8. The van der Waals surface area contributed by atoms with Crippen molar-refractivity contribution in [2.24, 2.45) is 0 Å². The van der Waals surface area contributed by atoms with Gasteiger partial charge in [0.25, 0.3) is 0 Å². The summed E-state index contributed by atoms with van der Waals surface area (Å²) >= 11 is 4.00. The molecule has 16 heavy (non-hydrogen) atoms. The summed E-state index contributed by atoms with van der Waals surface area (Å²) in [7, 11) is 3.03. The van der Waals surface area contributed by atoms with Crippen LogP contribution in [0.3, 0.4) is 0 Å². The van der Waals surface area contributed by atoms with E-state index in [0.717, 1.165) is 6.29 Å². The van der Waals surface area contributed by atoms with Crippen molar-refractivity contribution >= 4 is 18.9 Å². The predicted octanol–water partition coefficient (Wildman–Crippen LogP) is 1.80. The Labute approximate surface area is 100 Å². The monoisotopic (exact) mass is 236 g/mol. The minimum Gasteiger partial charge on any atom is -0.496 e. The van der Waals surface area contributed by atoms with E-state index >= 15 is 0 Å². The molecule has 0 aliphatic carbocycles. The zero-order valence-corrected chi connectivity index (χ0v) is 10.0. The molecule has 0 heterocycles. The number of carbonyl (C=O) groups is 1. The highest BCUT2D eigenvalue weighted by molar-refractivity contribution is 7.80. The Kier molecular flexibility index (Phi) is 4.74. The average molecular weight is 236 g/mol. The fraction of sp³-hybridized carbons (Fsp3) is 0.250. The quantitative estimate of drug-likeness (QED) is 0.494. The molecule has 1 aromatic carbocycles. The van der Waals surface area contributed by atoms with Gasteiger partial charge in [0.05, 0.1) is 31.1 Å². The minimum absolute atomic E-state index is 0.441. The Hall–Kier alpha value is -1.60. The molecule has 0 fully saturated rings. The molecule has 0 aliphatic rings. The van der Waals surface area contributed by atoms with Crippen LogP contribution in [-0.2, 0) is 0 Å². The Bertz CT molecular complexity index is 444. The Morgan fingerprint density at radius 3 is 2.50 bits per heavy atom. The van der Waals surface area contributed by atoms with E-state index in [1.165, 1.54) is 14.2 Å². The maximum absolute atomic E-state index is 10.8. The molecule has 0 radical (unpaired) electrons. The zero-order valence-electron chi connectivity index (χ0n) is 9.11. The minimum atomic E-state index is 0.441. The molecule has 3 nitrogen and oxygen atoms in total. The van der Waals surface area contributed by atoms with Gasteiger partial charge in [-0.3, -0.25) is 4.79 Å². The first-order chi connectivity index (χ1) is 7.76. The van der Waals surface area contributed by atoms with Gasteiger partial charge in [0, 0.05) is 6.07 Å². The maximum atomic E-state index is 10.8. The van der Waals surface area contributed by atoms with Crippen molar-refractivity contribution in [3.63, 3.8) is 0 Å². The molecule has 0 unspecified atom stereocenters. The van der Waals surface area contributed by atoms with E-state index in [2.05, 4.69) is 24.5 Å². The van der Waals surface area contributed by atoms with E-state index < -0.39 is 0 Å². The summed E-state index contributed by atoms with van der Waals surface area (Å²) in [6.07, 6.45) is 0.719. The zero-order chi connectivity index (χ0) is 12.0. The fourth-order valence-corrected chi connectivity index (χ4v) is 1.32. The highest BCUT2D eigenvalue weighted by atomic mass is 32.1. The predicted molar refractivity (Wildman–Crippen MR) is 65.7 cm³/mol. The highest BCUT2D eigenvalue weighted by Crippen LogP contribution is 2.27. The van der Waals surface area contributed by atoms with Crippen LogP contribution in [0.15, 0.2) is 12.1 Å². The molecule has 0 spiro atoms. The van der Waals surface area contributed by atoms with E-state index in [0.29, 0.717) is 28.4 Å². The van der Waals surface area contributed by atoms with Gasteiger partial charge in [-0.1, -0.05) is 11.8 Å². The van der Waals surface area contributed by atoms with Crippen LogP contribution in [0.2, 0.25) is 0 Å². The molecule has 4 heteroatoms. The molecule has 1 aromatic rings. The molecule has 0 aromatic heterocycles. The number of benzene rings is 1. The second kappa shape index (κ2) is 6.09. The first-order valence-electron chi connectivity index (χ1n) is 4.57. The van der Waals surface area contributed by atoms with Gasteiger partial charge in [0.15, 0.2) is 6.29 Å². The molecule has 0 amide bonds. The van der Waals surface area contributed by atoms with Crippen LogP contribution in [-0.4, -0.2) is 26.3 Å². The first kappa shape index (κ1) is 12.5. The normalized spacial score (nSPS) is 8.94. The molecular formula is C12H12O3S. The lowest BCUT2D eigenvalue weighted by atomic mass is 10.1. The first-order valence-corrected chi connectivity index (χ1v) is 5.21. The molecule has 0 saturated heterocycles.